The lowest BCUT2D eigenvalue weighted by Gasteiger charge is -2.40. The lowest BCUT2D eigenvalue weighted by Crippen LogP contribution is -2.46. The van der Waals surface area contributed by atoms with Crippen LogP contribution < -0.4 is 4.90 Å². The smallest absolute Gasteiger partial charge is 0.259 e. The van der Waals surface area contributed by atoms with Crippen molar-refractivity contribution in [2.45, 2.75) is 33.1 Å². The number of likely N-dealkylation sites (tertiary alicyclic amines) is 1. The maximum atomic E-state index is 14.8. The number of hydrogen-bond acceptors (Lipinski definition) is 6. The fourth-order valence-corrected chi connectivity index (χ4v) is 5.06. The molecule has 166 valence electrons. The van der Waals surface area contributed by atoms with Crippen LogP contribution in [0.15, 0.2) is 36.7 Å². The third kappa shape index (κ3) is 3.72. The molecule has 2 aliphatic heterocycles. The molecule has 3 aromatic rings. The standard InChI is InChI=1S/C23H26FN7O/c1-16-13-17(2)28-22(27-16)30-11-4-7-23(15-30)8-12-29(14-23)21(32)20-18(24)5-3-6-19(20)31-25-9-10-26-31/h3,5-6,9-10,13H,4,7-8,11-12,14-15H2,1-2H3. The van der Waals surface area contributed by atoms with Crippen molar-refractivity contribution in [1.82, 2.24) is 29.9 Å². The van der Waals surface area contributed by atoms with Gasteiger partial charge in [0.1, 0.15) is 17.1 Å². The van der Waals surface area contributed by atoms with Crippen molar-refractivity contribution >= 4 is 11.9 Å². The summed E-state index contributed by atoms with van der Waals surface area (Å²) in [6, 6.07) is 6.52. The molecule has 1 atom stereocenters. The number of carbonyl (C=O) groups is 1. The Balaban J connectivity index is 1.38. The molecule has 0 saturated carbocycles. The van der Waals surface area contributed by atoms with E-state index in [1.54, 1.807) is 17.0 Å². The average molecular weight is 436 g/mol. The monoisotopic (exact) mass is 435 g/mol. The largest absolute Gasteiger partial charge is 0.340 e. The van der Waals surface area contributed by atoms with Gasteiger partial charge in [-0.05, 0) is 51.3 Å². The van der Waals surface area contributed by atoms with Crippen LogP contribution in [0.25, 0.3) is 5.69 Å². The van der Waals surface area contributed by atoms with Crippen LogP contribution in [0.1, 0.15) is 41.0 Å². The molecule has 0 aliphatic carbocycles. The molecular formula is C23H26FN7O. The summed E-state index contributed by atoms with van der Waals surface area (Å²) in [6.45, 7) is 6.85. The first-order chi connectivity index (χ1) is 15.4. The van der Waals surface area contributed by atoms with Crippen LogP contribution in [-0.4, -0.2) is 61.9 Å². The lowest BCUT2D eigenvalue weighted by atomic mass is 9.79. The number of aromatic nitrogens is 5. The van der Waals surface area contributed by atoms with Crippen LogP contribution in [-0.2, 0) is 0 Å². The minimum atomic E-state index is -0.556. The van der Waals surface area contributed by atoms with E-state index in [0.29, 0.717) is 18.8 Å². The maximum Gasteiger partial charge on any atom is 0.259 e. The Bertz CT molecular complexity index is 1130. The molecule has 8 nitrogen and oxygen atoms in total. The van der Waals surface area contributed by atoms with Crippen molar-refractivity contribution in [3.8, 4) is 5.69 Å². The van der Waals surface area contributed by atoms with Crippen molar-refractivity contribution in [2.75, 3.05) is 31.1 Å². The van der Waals surface area contributed by atoms with Crippen LogP contribution in [0.5, 0.6) is 0 Å². The van der Waals surface area contributed by atoms with E-state index in [2.05, 4.69) is 25.1 Å². The van der Waals surface area contributed by atoms with Gasteiger partial charge in [-0.15, -0.1) is 0 Å². The van der Waals surface area contributed by atoms with E-state index in [1.807, 2.05) is 19.9 Å². The van der Waals surface area contributed by atoms with E-state index in [9.17, 15) is 9.18 Å². The van der Waals surface area contributed by atoms with E-state index in [1.165, 1.54) is 23.3 Å². The third-order valence-electron chi connectivity index (χ3n) is 6.48. The fraction of sp³-hybridized carbons (Fsp3) is 0.435. The predicted octanol–water partition coefficient (Wildman–Crippen LogP) is 2.95. The first-order valence-corrected chi connectivity index (χ1v) is 11.0. The summed E-state index contributed by atoms with van der Waals surface area (Å²) in [5.41, 5.74) is 2.25. The first kappa shape index (κ1) is 20.5. The zero-order chi connectivity index (χ0) is 22.3. The molecule has 1 amide bonds. The number of aryl methyl sites for hydroxylation is 2. The van der Waals surface area contributed by atoms with Gasteiger partial charge < -0.3 is 9.80 Å². The molecule has 9 heteroatoms. The average Bonchev–Trinajstić information content (AvgIpc) is 3.43. The van der Waals surface area contributed by atoms with E-state index < -0.39 is 5.82 Å². The summed E-state index contributed by atoms with van der Waals surface area (Å²) in [7, 11) is 0. The molecule has 32 heavy (non-hydrogen) atoms. The van der Waals surface area contributed by atoms with Crippen LogP contribution in [0.3, 0.4) is 0 Å². The Kier molecular flexibility index (Phi) is 5.11. The molecule has 0 bridgehead atoms. The molecule has 2 aliphatic rings. The summed E-state index contributed by atoms with van der Waals surface area (Å²) in [5.74, 6) is -0.112. The van der Waals surface area contributed by atoms with Gasteiger partial charge >= 0.3 is 0 Å². The van der Waals surface area contributed by atoms with Gasteiger partial charge in [-0.2, -0.15) is 15.0 Å². The van der Waals surface area contributed by atoms with E-state index >= 15 is 0 Å². The number of carbonyl (C=O) groups excluding carboxylic acids is 1. The summed E-state index contributed by atoms with van der Waals surface area (Å²) in [4.78, 5) is 28.0. The van der Waals surface area contributed by atoms with Gasteiger partial charge in [0.05, 0.1) is 12.4 Å². The Labute approximate surface area is 186 Å². The fourth-order valence-electron chi connectivity index (χ4n) is 5.06. The second-order valence-electron chi connectivity index (χ2n) is 8.91. The highest BCUT2D eigenvalue weighted by molar-refractivity contribution is 5.98. The highest BCUT2D eigenvalue weighted by Crippen LogP contribution is 2.40. The van der Waals surface area contributed by atoms with Gasteiger partial charge in [0.25, 0.3) is 5.91 Å². The van der Waals surface area contributed by atoms with Gasteiger partial charge in [0.2, 0.25) is 5.95 Å². The molecule has 2 fully saturated rings. The van der Waals surface area contributed by atoms with E-state index in [0.717, 1.165) is 49.7 Å². The number of halogens is 1. The quantitative estimate of drug-likeness (QED) is 0.629. The molecule has 5 rings (SSSR count). The van der Waals surface area contributed by atoms with E-state index in [4.69, 9.17) is 0 Å². The van der Waals surface area contributed by atoms with Gasteiger partial charge in [-0.3, -0.25) is 4.79 Å². The van der Waals surface area contributed by atoms with Crippen molar-refractivity contribution < 1.29 is 9.18 Å². The number of amides is 1. The van der Waals surface area contributed by atoms with Crippen LogP contribution >= 0.6 is 0 Å². The highest BCUT2D eigenvalue weighted by Gasteiger charge is 2.44. The van der Waals surface area contributed by atoms with Crippen LogP contribution in [0.2, 0.25) is 0 Å². The molecule has 4 heterocycles. The molecule has 0 radical (unpaired) electrons. The van der Waals surface area contributed by atoms with Crippen molar-refractivity contribution in [2.24, 2.45) is 5.41 Å². The van der Waals surface area contributed by atoms with E-state index in [-0.39, 0.29) is 16.9 Å². The topological polar surface area (TPSA) is 80.0 Å². The SMILES string of the molecule is Cc1cc(C)nc(N2CCCC3(CCN(C(=O)c4c(F)cccc4-n4nccn4)C3)C2)n1. The first-order valence-electron chi connectivity index (χ1n) is 11.0. The van der Waals surface area contributed by atoms with Gasteiger partial charge in [0.15, 0.2) is 0 Å². The Hall–Kier alpha value is -3.36. The minimum Gasteiger partial charge on any atom is -0.340 e. The molecule has 0 N–H and O–H groups in total. The molecule has 1 spiro atoms. The number of nitrogens with zero attached hydrogens (tertiary/aromatic N) is 7. The number of anilines is 1. The molecule has 1 unspecified atom stereocenters. The lowest BCUT2D eigenvalue weighted by molar-refractivity contribution is 0.0762. The molecule has 2 aromatic heterocycles. The van der Waals surface area contributed by atoms with Crippen LogP contribution in [0, 0.1) is 25.1 Å². The maximum absolute atomic E-state index is 14.8. The van der Waals surface area contributed by atoms with Crippen molar-refractivity contribution in [1.29, 1.82) is 0 Å². The van der Waals surface area contributed by atoms with Crippen molar-refractivity contribution in [3.63, 3.8) is 0 Å². The Morgan fingerprint density at radius 1 is 1.03 bits per heavy atom. The minimum absolute atomic E-state index is 0.0195. The van der Waals surface area contributed by atoms with Gasteiger partial charge in [-0.25, -0.2) is 14.4 Å². The summed E-state index contributed by atoms with van der Waals surface area (Å²) < 4.78 is 14.8. The summed E-state index contributed by atoms with van der Waals surface area (Å²) in [6.07, 6.45) is 5.94. The molecule has 2 saturated heterocycles. The number of benzene rings is 1. The molecule has 1 aromatic carbocycles. The van der Waals surface area contributed by atoms with Crippen molar-refractivity contribution in [3.05, 3.63) is 59.4 Å². The van der Waals surface area contributed by atoms with Gasteiger partial charge in [-0.1, -0.05) is 6.07 Å². The number of piperidine rings is 1. The summed E-state index contributed by atoms with van der Waals surface area (Å²) >= 11 is 0. The second-order valence-corrected chi connectivity index (χ2v) is 8.91. The number of hydrogen-bond donors (Lipinski definition) is 0. The number of rotatable bonds is 3. The summed E-state index contributed by atoms with van der Waals surface area (Å²) in [5, 5.41) is 8.17. The zero-order valence-electron chi connectivity index (χ0n) is 18.3. The predicted molar refractivity (Wildman–Crippen MR) is 117 cm³/mol. The van der Waals surface area contributed by atoms with Gasteiger partial charge in [0, 0.05) is 43.0 Å². The normalized spacial score (nSPS) is 20.8. The molecular weight excluding hydrogens is 409 g/mol. The third-order valence-corrected chi connectivity index (χ3v) is 6.48. The Morgan fingerprint density at radius 2 is 1.78 bits per heavy atom. The second kappa shape index (κ2) is 7.96. The zero-order valence-corrected chi connectivity index (χ0v) is 18.3. The Morgan fingerprint density at radius 3 is 2.53 bits per heavy atom. The highest BCUT2D eigenvalue weighted by atomic mass is 19.1. The van der Waals surface area contributed by atoms with Crippen LogP contribution in [0.4, 0.5) is 10.3 Å².